The van der Waals surface area contributed by atoms with Crippen molar-refractivity contribution in [1.82, 2.24) is 0 Å². The van der Waals surface area contributed by atoms with Crippen molar-refractivity contribution >= 4 is 11.6 Å². The molecule has 0 saturated carbocycles. The van der Waals surface area contributed by atoms with Crippen molar-refractivity contribution in [1.29, 1.82) is 0 Å². The second-order valence-corrected chi connectivity index (χ2v) is 7.85. The van der Waals surface area contributed by atoms with Crippen LogP contribution in [-0.2, 0) is 24.0 Å². The summed E-state index contributed by atoms with van der Waals surface area (Å²) in [5.41, 5.74) is 4.17. The van der Waals surface area contributed by atoms with Crippen molar-refractivity contribution in [3.63, 3.8) is 0 Å². The van der Waals surface area contributed by atoms with Crippen molar-refractivity contribution < 1.29 is 18.6 Å². The molecule has 0 bridgehead atoms. The summed E-state index contributed by atoms with van der Waals surface area (Å²) in [7, 11) is 0. The number of allylic oxidation sites excluding steroid dienone is 1. The minimum Gasteiger partial charge on any atom is -0.513 e. The van der Waals surface area contributed by atoms with Gasteiger partial charge in [-0.3, -0.25) is 0 Å². The first-order valence-corrected chi connectivity index (χ1v) is 10.2. The van der Waals surface area contributed by atoms with Crippen molar-refractivity contribution in [2.45, 2.75) is 38.5 Å². The Hall–Kier alpha value is -2.17. The molecule has 0 fully saturated rings. The highest BCUT2D eigenvalue weighted by atomic mass is 35.5. The number of benzene rings is 2. The fourth-order valence-corrected chi connectivity index (χ4v) is 3.71. The third kappa shape index (κ3) is 6.15. The van der Waals surface area contributed by atoms with E-state index in [1.54, 1.807) is 0 Å². The van der Waals surface area contributed by atoms with Crippen molar-refractivity contribution in [2.75, 3.05) is 13.2 Å². The van der Waals surface area contributed by atoms with Gasteiger partial charge in [-0.05, 0) is 73.1 Å². The van der Waals surface area contributed by atoms with Gasteiger partial charge in [0.15, 0.2) is 0 Å². The number of hydrogen-bond acceptors (Lipinski definition) is 2. The van der Waals surface area contributed by atoms with Crippen LogP contribution in [0.2, 0.25) is 5.02 Å². The molecular weight excluding hydrogens is 394 g/mol. The van der Waals surface area contributed by atoms with Gasteiger partial charge in [0.05, 0.1) is 19.0 Å². The molecule has 0 amide bonds. The molecule has 1 heterocycles. The molecule has 0 aliphatic carbocycles. The SMILES string of the molecule is C=C(O)CCc1cc(F)c(CCC2=C(Cc3ccc(Cl)cc3)CCOC2)c(F)c1. The third-order valence-electron chi connectivity index (χ3n) is 5.24. The molecule has 2 aromatic rings. The van der Waals surface area contributed by atoms with Crippen molar-refractivity contribution in [3.8, 4) is 0 Å². The highest BCUT2D eigenvalue weighted by Gasteiger charge is 2.17. The maximum Gasteiger partial charge on any atom is 0.129 e. The molecule has 0 spiro atoms. The molecule has 0 unspecified atom stereocenters. The number of aryl methyl sites for hydroxylation is 1. The highest BCUT2D eigenvalue weighted by Crippen LogP contribution is 2.26. The van der Waals surface area contributed by atoms with E-state index < -0.39 is 11.6 Å². The Bertz CT molecular complexity index is 881. The molecule has 1 aliphatic rings. The van der Waals surface area contributed by atoms with Crippen LogP contribution in [0.15, 0.2) is 59.9 Å². The molecule has 154 valence electrons. The Morgan fingerprint density at radius 3 is 2.34 bits per heavy atom. The Kier molecular flexibility index (Phi) is 7.45. The topological polar surface area (TPSA) is 29.5 Å². The Balaban J connectivity index is 1.71. The molecule has 0 radical (unpaired) electrons. The Labute approximate surface area is 175 Å². The van der Waals surface area contributed by atoms with E-state index in [1.807, 2.05) is 24.3 Å². The largest absolute Gasteiger partial charge is 0.513 e. The molecular formula is C24H25ClF2O2. The first kappa shape index (κ1) is 21.5. The van der Waals surface area contributed by atoms with Crippen LogP contribution in [-0.4, -0.2) is 18.3 Å². The maximum absolute atomic E-state index is 14.5. The molecule has 1 N–H and O–H groups in total. The van der Waals surface area contributed by atoms with Crippen LogP contribution in [0.4, 0.5) is 8.78 Å². The first-order valence-electron chi connectivity index (χ1n) is 9.78. The second kappa shape index (κ2) is 10.0. The van der Waals surface area contributed by atoms with E-state index in [0.29, 0.717) is 36.6 Å². The van der Waals surface area contributed by atoms with Crippen LogP contribution >= 0.6 is 11.6 Å². The zero-order valence-electron chi connectivity index (χ0n) is 16.3. The average molecular weight is 419 g/mol. The summed E-state index contributed by atoms with van der Waals surface area (Å²) >= 11 is 5.96. The number of aliphatic hydroxyl groups is 1. The van der Waals surface area contributed by atoms with Gasteiger partial charge in [-0.15, -0.1) is 0 Å². The first-order chi connectivity index (χ1) is 13.9. The van der Waals surface area contributed by atoms with Gasteiger partial charge in [0.25, 0.3) is 0 Å². The number of rotatable bonds is 8. The third-order valence-corrected chi connectivity index (χ3v) is 5.49. The molecule has 1 aliphatic heterocycles. The number of aliphatic hydroxyl groups excluding tert-OH is 1. The number of halogens is 3. The maximum atomic E-state index is 14.5. The molecule has 2 aromatic carbocycles. The minimum atomic E-state index is -0.542. The lowest BCUT2D eigenvalue weighted by Gasteiger charge is -2.21. The minimum absolute atomic E-state index is 0.00680. The fourth-order valence-electron chi connectivity index (χ4n) is 3.58. The van der Waals surface area contributed by atoms with E-state index in [0.717, 1.165) is 24.0 Å². The molecule has 3 rings (SSSR count). The average Bonchev–Trinajstić information content (AvgIpc) is 2.68. The summed E-state index contributed by atoms with van der Waals surface area (Å²) in [6.45, 7) is 4.57. The van der Waals surface area contributed by atoms with Crippen molar-refractivity contribution in [3.05, 3.63) is 93.2 Å². The zero-order chi connectivity index (χ0) is 20.8. The van der Waals surface area contributed by atoms with Gasteiger partial charge in [-0.25, -0.2) is 8.78 Å². The van der Waals surface area contributed by atoms with Gasteiger partial charge < -0.3 is 9.84 Å². The van der Waals surface area contributed by atoms with Gasteiger partial charge in [0.2, 0.25) is 0 Å². The molecule has 29 heavy (non-hydrogen) atoms. The smallest absolute Gasteiger partial charge is 0.129 e. The molecule has 2 nitrogen and oxygen atoms in total. The molecule has 0 atom stereocenters. The molecule has 0 saturated heterocycles. The Morgan fingerprint density at radius 2 is 1.69 bits per heavy atom. The number of hydrogen-bond donors (Lipinski definition) is 1. The van der Waals surface area contributed by atoms with Crippen molar-refractivity contribution in [2.24, 2.45) is 0 Å². The predicted octanol–water partition coefficient (Wildman–Crippen LogP) is 6.51. The summed E-state index contributed by atoms with van der Waals surface area (Å²) in [6, 6.07) is 10.4. The monoisotopic (exact) mass is 418 g/mol. The van der Waals surface area contributed by atoms with Gasteiger partial charge >= 0.3 is 0 Å². The van der Waals surface area contributed by atoms with Gasteiger partial charge in [-0.2, -0.15) is 0 Å². The summed E-state index contributed by atoms with van der Waals surface area (Å²) in [4.78, 5) is 0. The van der Waals surface area contributed by atoms with Gasteiger partial charge in [-0.1, -0.05) is 35.9 Å². The van der Waals surface area contributed by atoms with Crippen LogP contribution in [0.1, 0.15) is 36.0 Å². The molecule has 0 aromatic heterocycles. The van der Waals surface area contributed by atoms with Crippen LogP contribution in [0.25, 0.3) is 0 Å². The van der Waals surface area contributed by atoms with Crippen LogP contribution in [0.3, 0.4) is 0 Å². The second-order valence-electron chi connectivity index (χ2n) is 7.42. The normalized spacial score (nSPS) is 14.3. The lowest BCUT2D eigenvalue weighted by molar-refractivity contribution is 0.143. The quantitative estimate of drug-likeness (QED) is 0.391. The van der Waals surface area contributed by atoms with Crippen LogP contribution < -0.4 is 0 Å². The fraction of sp³-hybridized carbons (Fsp3) is 0.333. The summed E-state index contributed by atoms with van der Waals surface area (Å²) in [5.74, 6) is -1.08. The standard InChI is InChI=1S/C24H25ClF2O2/c1-16(28)2-3-18-13-23(26)22(24(27)14-18)9-6-20-15-29-11-10-19(20)12-17-4-7-21(25)8-5-17/h4-5,7-8,13-14,28H,1-3,6,9-12,15H2. The highest BCUT2D eigenvalue weighted by molar-refractivity contribution is 6.30. The lowest BCUT2D eigenvalue weighted by atomic mass is 9.92. The van der Waals surface area contributed by atoms with E-state index in [-0.39, 0.29) is 24.2 Å². The van der Waals surface area contributed by atoms with E-state index in [2.05, 4.69) is 6.58 Å². The Morgan fingerprint density at radius 1 is 1.00 bits per heavy atom. The van der Waals surface area contributed by atoms with Crippen LogP contribution in [0, 0.1) is 11.6 Å². The van der Waals surface area contributed by atoms with E-state index >= 15 is 0 Å². The summed E-state index contributed by atoms with van der Waals surface area (Å²) in [5, 5.41) is 9.88. The van der Waals surface area contributed by atoms with Gasteiger partial charge in [0, 0.05) is 17.0 Å². The van der Waals surface area contributed by atoms with E-state index in [1.165, 1.54) is 17.7 Å². The van der Waals surface area contributed by atoms with Gasteiger partial charge in [0.1, 0.15) is 11.6 Å². The van der Waals surface area contributed by atoms with E-state index in [9.17, 15) is 13.9 Å². The number of ether oxygens (including phenoxy) is 1. The van der Waals surface area contributed by atoms with E-state index in [4.69, 9.17) is 16.3 Å². The summed E-state index contributed by atoms with van der Waals surface area (Å²) in [6.07, 6.45) is 3.11. The zero-order valence-corrected chi connectivity index (χ0v) is 17.1. The van der Waals surface area contributed by atoms with Crippen LogP contribution in [0.5, 0.6) is 0 Å². The lowest BCUT2D eigenvalue weighted by Crippen LogP contribution is -2.14. The summed E-state index contributed by atoms with van der Waals surface area (Å²) < 4.78 is 34.6. The predicted molar refractivity (Wildman–Crippen MR) is 112 cm³/mol. The molecule has 5 heteroatoms.